The smallest absolute Gasteiger partial charge is 0.111 e. The van der Waals surface area contributed by atoms with Gasteiger partial charge in [0.05, 0.1) is 28.1 Å². The number of benzene rings is 5. The molecule has 3 N–H and O–H groups in total. The van der Waals surface area contributed by atoms with Crippen molar-refractivity contribution in [3.05, 3.63) is 192 Å². The first kappa shape index (κ1) is 33.9. The summed E-state index contributed by atoms with van der Waals surface area (Å²) in [5.74, 6) is 0.998. The van der Waals surface area contributed by atoms with Crippen LogP contribution in [0.3, 0.4) is 0 Å². The molecular weight excluding hydrogens is 645 g/mol. The van der Waals surface area contributed by atoms with E-state index in [-0.39, 0.29) is 6.04 Å². The van der Waals surface area contributed by atoms with E-state index in [1.807, 2.05) is 13.8 Å². The van der Waals surface area contributed by atoms with E-state index < -0.39 is 0 Å². The van der Waals surface area contributed by atoms with Crippen molar-refractivity contribution in [1.29, 1.82) is 0 Å². The Morgan fingerprint density at radius 2 is 1.43 bits per heavy atom. The standard InChI is InChI=1S/C47H40N4.C2H6/c48-40(32-35(34-18-7-1-2-8-19-34)29-28-33-16-5-3-6-17-33)41-24-15-27-45(49-41)51-42-25-13-11-22-37(42)38-30-31-44-46(47(38)51)39-23-12-14-26-43(39)50(44)36-20-9-4-10-21-36;1-2/h3-7,9-27,29-32,41,49H,1-2,8,28,48H2;1-2H3/b35-29+,40-32-;. The van der Waals surface area contributed by atoms with E-state index in [4.69, 9.17) is 5.73 Å². The second-order valence-electron chi connectivity index (χ2n) is 13.4. The summed E-state index contributed by atoms with van der Waals surface area (Å²) in [6.45, 7) is 4.00. The lowest BCUT2D eigenvalue weighted by Gasteiger charge is -2.24. The van der Waals surface area contributed by atoms with Crippen molar-refractivity contribution in [3.63, 3.8) is 0 Å². The quantitative estimate of drug-likeness (QED) is 0.164. The third-order valence-electron chi connectivity index (χ3n) is 10.2. The molecule has 1 unspecified atom stereocenters. The monoisotopic (exact) mass is 690 g/mol. The molecule has 1 aliphatic carbocycles. The Kier molecular flexibility index (Phi) is 9.68. The molecule has 0 saturated heterocycles. The molecule has 4 nitrogen and oxygen atoms in total. The summed E-state index contributed by atoms with van der Waals surface area (Å²) in [4.78, 5) is 0. The summed E-state index contributed by atoms with van der Waals surface area (Å²) in [7, 11) is 0. The summed E-state index contributed by atoms with van der Waals surface area (Å²) in [5.41, 5.74) is 17.4. The van der Waals surface area contributed by atoms with Crippen molar-refractivity contribution in [2.45, 2.75) is 45.6 Å². The fourth-order valence-electron chi connectivity index (χ4n) is 7.82. The maximum absolute atomic E-state index is 7.05. The van der Waals surface area contributed by atoms with Gasteiger partial charge in [-0.1, -0.05) is 141 Å². The van der Waals surface area contributed by atoms with Crippen LogP contribution in [0.15, 0.2) is 187 Å². The van der Waals surface area contributed by atoms with Crippen molar-refractivity contribution in [2.24, 2.45) is 5.73 Å². The van der Waals surface area contributed by atoms with Crippen LogP contribution in [0, 0.1) is 0 Å². The number of nitrogens with one attached hydrogen (secondary N) is 1. The van der Waals surface area contributed by atoms with Crippen molar-refractivity contribution < 1.29 is 0 Å². The summed E-state index contributed by atoms with van der Waals surface area (Å²) in [5, 5.41) is 8.77. The second kappa shape index (κ2) is 15.1. The number of hydrogen-bond donors (Lipinski definition) is 2. The highest BCUT2D eigenvalue weighted by Gasteiger charge is 2.23. The molecule has 0 radical (unpaired) electrons. The highest BCUT2D eigenvalue weighted by atomic mass is 15.2. The average Bonchev–Trinajstić information content (AvgIpc) is 3.59. The number of fused-ring (bicyclic) bond motifs is 7. The summed E-state index contributed by atoms with van der Waals surface area (Å²) < 4.78 is 4.79. The Morgan fingerprint density at radius 1 is 0.736 bits per heavy atom. The first-order valence-electron chi connectivity index (χ1n) is 19.0. The highest BCUT2D eigenvalue weighted by Crippen LogP contribution is 2.41. The van der Waals surface area contributed by atoms with E-state index in [2.05, 4.69) is 184 Å². The molecule has 1 aliphatic heterocycles. The van der Waals surface area contributed by atoms with E-state index in [0.29, 0.717) is 0 Å². The first-order chi connectivity index (χ1) is 26.2. The minimum atomic E-state index is -0.179. The van der Waals surface area contributed by atoms with E-state index in [0.717, 1.165) is 47.6 Å². The molecule has 53 heavy (non-hydrogen) atoms. The van der Waals surface area contributed by atoms with Crippen LogP contribution in [-0.4, -0.2) is 15.2 Å². The number of dihydropyridines is 1. The maximum Gasteiger partial charge on any atom is 0.111 e. The number of allylic oxidation sites excluding steroid dienone is 9. The largest absolute Gasteiger partial charge is 0.400 e. The maximum atomic E-state index is 7.05. The fraction of sp³-hybridized carbons (Fsp3) is 0.143. The van der Waals surface area contributed by atoms with Crippen LogP contribution in [0.2, 0.25) is 0 Å². The molecule has 262 valence electrons. The summed E-state index contributed by atoms with van der Waals surface area (Å²) in [6, 6.07) is 43.2. The van der Waals surface area contributed by atoms with Gasteiger partial charge in [0.25, 0.3) is 0 Å². The highest BCUT2D eigenvalue weighted by molar-refractivity contribution is 6.26. The van der Waals surface area contributed by atoms with Crippen LogP contribution in [-0.2, 0) is 6.42 Å². The summed E-state index contributed by atoms with van der Waals surface area (Å²) in [6.07, 6.45) is 22.1. The SMILES string of the molecule is CC.N/C(=C\C(=C/Cc1ccccc1)C1=CCCCC=C1)C1C=CC=C(n2c3ccccc3c3ccc4c(c5ccccc5n4-c4ccccc4)c32)N1. The van der Waals surface area contributed by atoms with Crippen LogP contribution in [0.1, 0.15) is 38.7 Å². The van der Waals surface area contributed by atoms with Gasteiger partial charge < -0.3 is 15.6 Å². The van der Waals surface area contributed by atoms with E-state index in [1.54, 1.807) is 0 Å². The second-order valence-corrected chi connectivity index (χ2v) is 13.4. The van der Waals surface area contributed by atoms with E-state index >= 15 is 0 Å². The zero-order valence-corrected chi connectivity index (χ0v) is 30.5. The van der Waals surface area contributed by atoms with Crippen molar-refractivity contribution in [1.82, 2.24) is 14.5 Å². The Hall–Kier alpha value is -6.26. The van der Waals surface area contributed by atoms with Crippen molar-refractivity contribution in [2.75, 3.05) is 0 Å². The Balaban J connectivity index is 0.00000197. The lowest BCUT2D eigenvalue weighted by Crippen LogP contribution is -2.34. The molecule has 9 rings (SSSR count). The van der Waals surface area contributed by atoms with Crippen LogP contribution in [0.4, 0.5) is 0 Å². The first-order valence-corrected chi connectivity index (χ1v) is 19.0. The van der Waals surface area contributed by atoms with E-state index in [1.165, 1.54) is 55.7 Å². The summed E-state index contributed by atoms with van der Waals surface area (Å²) >= 11 is 0. The van der Waals surface area contributed by atoms with Gasteiger partial charge in [-0.25, -0.2) is 0 Å². The Labute approximate surface area is 312 Å². The molecule has 3 heterocycles. The minimum Gasteiger partial charge on any atom is -0.400 e. The van der Waals surface area contributed by atoms with Crippen molar-refractivity contribution in [3.8, 4) is 5.69 Å². The van der Waals surface area contributed by atoms with Crippen LogP contribution < -0.4 is 11.1 Å². The number of nitrogens with two attached hydrogens (primary N) is 1. The average molecular weight is 691 g/mol. The van der Waals surface area contributed by atoms with Gasteiger partial charge in [0.1, 0.15) is 5.82 Å². The lowest BCUT2D eigenvalue weighted by molar-refractivity contribution is 0.762. The van der Waals surface area contributed by atoms with Gasteiger partial charge >= 0.3 is 0 Å². The van der Waals surface area contributed by atoms with Gasteiger partial charge in [0.15, 0.2) is 0 Å². The lowest BCUT2D eigenvalue weighted by atomic mass is 9.98. The van der Waals surface area contributed by atoms with Gasteiger partial charge in [0.2, 0.25) is 0 Å². The van der Waals surface area contributed by atoms with E-state index in [9.17, 15) is 0 Å². The molecule has 2 aromatic heterocycles. The number of para-hydroxylation sites is 3. The zero-order valence-electron chi connectivity index (χ0n) is 30.5. The third kappa shape index (κ3) is 6.42. The molecule has 5 aromatic carbocycles. The predicted octanol–water partition coefficient (Wildman–Crippen LogP) is 11.9. The zero-order chi connectivity index (χ0) is 36.1. The van der Waals surface area contributed by atoms with Crippen LogP contribution >= 0.6 is 0 Å². The minimum absolute atomic E-state index is 0.179. The molecule has 7 aromatic rings. The van der Waals surface area contributed by atoms with Crippen LogP contribution in [0.25, 0.3) is 55.1 Å². The molecular formula is C49H46N4. The van der Waals surface area contributed by atoms with Gasteiger partial charge in [0, 0.05) is 32.9 Å². The van der Waals surface area contributed by atoms with Crippen molar-refractivity contribution >= 4 is 49.4 Å². The predicted molar refractivity (Wildman–Crippen MR) is 227 cm³/mol. The molecule has 1 atom stereocenters. The third-order valence-corrected chi connectivity index (χ3v) is 10.2. The topological polar surface area (TPSA) is 47.9 Å². The number of rotatable bonds is 7. The van der Waals surface area contributed by atoms with Crippen LogP contribution in [0.5, 0.6) is 0 Å². The number of hydrogen-bond acceptors (Lipinski definition) is 2. The Morgan fingerprint density at radius 3 is 2.23 bits per heavy atom. The number of aromatic nitrogens is 2. The molecule has 0 bridgehead atoms. The molecule has 2 aliphatic rings. The fourth-order valence-corrected chi connectivity index (χ4v) is 7.82. The molecule has 0 saturated carbocycles. The number of nitrogens with zero attached hydrogens (tertiary/aromatic N) is 2. The molecule has 0 spiro atoms. The molecule has 0 amide bonds. The van der Waals surface area contributed by atoms with Gasteiger partial charge in [-0.2, -0.15) is 0 Å². The molecule has 0 fully saturated rings. The van der Waals surface area contributed by atoms with Gasteiger partial charge in [-0.05, 0) is 84.9 Å². The normalized spacial score (nSPS) is 16.3. The molecule has 4 heteroatoms. The Bertz CT molecular complexity index is 2610. The van der Waals surface area contributed by atoms with Gasteiger partial charge in [-0.15, -0.1) is 0 Å². The van der Waals surface area contributed by atoms with Gasteiger partial charge in [-0.3, -0.25) is 4.57 Å².